The van der Waals surface area contributed by atoms with E-state index in [1.807, 2.05) is 0 Å². The number of aromatic hydroxyl groups is 3. The van der Waals surface area contributed by atoms with E-state index in [1.54, 1.807) is 12.1 Å². The molecule has 0 spiro atoms. The number of carbonyl (C=O) groups is 1. The van der Waals surface area contributed by atoms with E-state index in [0.717, 1.165) is 6.07 Å². The fraction of sp³-hybridized carbons (Fsp3) is 0.188. The summed E-state index contributed by atoms with van der Waals surface area (Å²) in [6, 6.07) is 6.99. The minimum atomic E-state index is -0.627. The Morgan fingerprint density at radius 3 is 2.64 bits per heavy atom. The Hall–Kier alpha value is -2.89. The number of benzene rings is 2. The van der Waals surface area contributed by atoms with Gasteiger partial charge in [-0.25, -0.2) is 0 Å². The number of phenols is 3. The topological polar surface area (TPSA) is 96.2 Å². The van der Waals surface area contributed by atoms with Gasteiger partial charge in [0.25, 0.3) is 0 Å². The first-order valence-electron chi connectivity index (χ1n) is 6.61. The average molecular weight is 302 g/mol. The Morgan fingerprint density at radius 2 is 1.91 bits per heavy atom. The third-order valence-corrected chi connectivity index (χ3v) is 3.64. The lowest BCUT2D eigenvalue weighted by atomic mass is 9.88. The summed E-state index contributed by atoms with van der Waals surface area (Å²) in [5, 5.41) is 29.0. The summed E-state index contributed by atoms with van der Waals surface area (Å²) in [4.78, 5) is 12.6. The average Bonchev–Trinajstić information content (AvgIpc) is 2.47. The maximum Gasteiger partial charge on any atom is 0.181 e. The van der Waals surface area contributed by atoms with Crippen molar-refractivity contribution in [1.82, 2.24) is 0 Å². The zero-order valence-electron chi connectivity index (χ0n) is 11.7. The van der Waals surface area contributed by atoms with Crippen molar-refractivity contribution in [1.29, 1.82) is 0 Å². The van der Waals surface area contributed by atoms with Gasteiger partial charge in [-0.3, -0.25) is 4.79 Å². The van der Waals surface area contributed by atoms with E-state index in [9.17, 15) is 20.1 Å². The molecule has 0 aromatic heterocycles. The fourth-order valence-corrected chi connectivity index (χ4v) is 2.53. The van der Waals surface area contributed by atoms with Crippen LogP contribution in [-0.2, 0) is 0 Å². The maximum absolute atomic E-state index is 12.6. The molecule has 1 heterocycles. The van der Waals surface area contributed by atoms with Crippen molar-refractivity contribution in [2.24, 2.45) is 0 Å². The lowest BCUT2D eigenvalue weighted by Crippen LogP contribution is -2.26. The summed E-state index contributed by atoms with van der Waals surface area (Å²) in [5.74, 6) is -1.05. The summed E-state index contributed by atoms with van der Waals surface area (Å²) >= 11 is 0. The van der Waals surface area contributed by atoms with Crippen molar-refractivity contribution in [2.45, 2.75) is 5.92 Å². The van der Waals surface area contributed by atoms with Gasteiger partial charge in [0.15, 0.2) is 17.3 Å². The predicted octanol–water partition coefficient (Wildman–Crippen LogP) is 2.17. The van der Waals surface area contributed by atoms with Gasteiger partial charge in [-0.15, -0.1) is 0 Å². The molecule has 0 saturated heterocycles. The molecular formula is C16H14O6. The Kier molecular flexibility index (Phi) is 3.29. The SMILES string of the molecule is COc1cc(C2COc3cc(O)cc(O)c3C2=O)ccc1O. The molecule has 1 aliphatic rings. The van der Waals surface area contributed by atoms with E-state index in [1.165, 1.54) is 19.2 Å². The third-order valence-electron chi connectivity index (χ3n) is 3.64. The largest absolute Gasteiger partial charge is 0.508 e. The quantitative estimate of drug-likeness (QED) is 0.787. The van der Waals surface area contributed by atoms with Crippen molar-refractivity contribution >= 4 is 5.78 Å². The number of hydrogen-bond acceptors (Lipinski definition) is 6. The molecular weight excluding hydrogens is 288 g/mol. The minimum Gasteiger partial charge on any atom is -0.508 e. The second-order valence-electron chi connectivity index (χ2n) is 5.00. The van der Waals surface area contributed by atoms with Crippen LogP contribution in [0.2, 0.25) is 0 Å². The monoisotopic (exact) mass is 302 g/mol. The van der Waals surface area contributed by atoms with Gasteiger partial charge in [0.1, 0.15) is 29.4 Å². The Morgan fingerprint density at radius 1 is 1.14 bits per heavy atom. The van der Waals surface area contributed by atoms with Crippen LogP contribution in [0.25, 0.3) is 0 Å². The summed E-state index contributed by atoms with van der Waals surface area (Å²) in [6.45, 7) is 0.0721. The van der Waals surface area contributed by atoms with E-state index in [-0.39, 0.29) is 46.7 Å². The Balaban J connectivity index is 2.03. The molecule has 2 aromatic carbocycles. The highest BCUT2D eigenvalue weighted by atomic mass is 16.5. The number of ether oxygens (including phenoxy) is 2. The number of phenolic OH excluding ortho intramolecular Hbond substituents is 3. The van der Waals surface area contributed by atoms with Crippen molar-refractivity contribution in [3.8, 4) is 28.7 Å². The summed E-state index contributed by atoms with van der Waals surface area (Å²) in [7, 11) is 1.42. The van der Waals surface area contributed by atoms with Gasteiger partial charge in [0.2, 0.25) is 0 Å². The van der Waals surface area contributed by atoms with E-state index < -0.39 is 5.92 Å². The Bertz CT molecular complexity index is 753. The first-order chi connectivity index (χ1) is 10.5. The first-order valence-corrected chi connectivity index (χ1v) is 6.61. The third kappa shape index (κ3) is 2.18. The molecule has 0 saturated carbocycles. The second kappa shape index (κ2) is 5.14. The van der Waals surface area contributed by atoms with Crippen LogP contribution in [0.1, 0.15) is 21.8 Å². The van der Waals surface area contributed by atoms with Crippen LogP contribution >= 0.6 is 0 Å². The molecule has 0 amide bonds. The molecule has 6 heteroatoms. The molecule has 0 radical (unpaired) electrons. The molecule has 2 aromatic rings. The number of fused-ring (bicyclic) bond motifs is 1. The van der Waals surface area contributed by atoms with Crippen LogP contribution in [0.4, 0.5) is 0 Å². The van der Waals surface area contributed by atoms with Gasteiger partial charge in [-0.05, 0) is 17.7 Å². The van der Waals surface area contributed by atoms with Gasteiger partial charge in [-0.2, -0.15) is 0 Å². The predicted molar refractivity (Wildman–Crippen MR) is 77.0 cm³/mol. The standard InChI is InChI=1S/C16H14O6/c1-21-13-4-8(2-3-11(13)18)10-7-22-14-6-9(17)5-12(19)15(14)16(10)20/h2-6,10,17-19H,7H2,1H3. The van der Waals surface area contributed by atoms with Gasteiger partial charge in [-0.1, -0.05) is 6.07 Å². The molecule has 1 aliphatic heterocycles. The number of rotatable bonds is 2. The second-order valence-corrected chi connectivity index (χ2v) is 5.00. The summed E-state index contributed by atoms with van der Waals surface area (Å²) in [5.41, 5.74) is 0.652. The molecule has 3 N–H and O–H groups in total. The van der Waals surface area contributed by atoms with E-state index in [4.69, 9.17) is 9.47 Å². The molecule has 1 unspecified atom stereocenters. The molecule has 1 atom stereocenters. The van der Waals surface area contributed by atoms with Gasteiger partial charge < -0.3 is 24.8 Å². The van der Waals surface area contributed by atoms with E-state index in [2.05, 4.69) is 0 Å². The van der Waals surface area contributed by atoms with Gasteiger partial charge in [0.05, 0.1) is 13.0 Å². The lowest BCUT2D eigenvalue weighted by Gasteiger charge is -2.25. The Labute approximate surface area is 126 Å². The zero-order chi connectivity index (χ0) is 15.9. The number of carbonyl (C=O) groups excluding carboxylic acids is 1. The lowest BCUT2D eigenvalue weighted by molar-refractivity contribution is 0.0892. The molecule has 0 aliphatic carbocycles. The number of ketones is 1. The summed E-state index contributed by atoms with van der Waals surface area (Å²) < 4.78 is 10.5. The van der Waals surface area contributed by atoms with Crippen LogP contribution in [0, 0.1) is 0 Å². The van der Waals surface area contributed by atoms with Crippen LogP contribution < -0.4 is 9.47 Å². The van der Waals surface area contributed by atoms with Crippen molar-refractivity contribution in [2.75, 3.05) is 13.7 Å². The smallest absolute Gasteiger partial charge is 0.181 e. The van der Waals surface area contributed by atoms with Crippen LogP contribution in [0.3, 0.4) is 0 Å². The number of hydrogen-bond donors (Lipinski definition) is 3. The highest BCUT2D eigenvalue weighted by molar-refractivity contribution is 6.06. The van der Waals surface area contributed by atoms with Gasteiger partial charge >= 0.3 is 0 Å². The molecule has 0 bridgehead atoms. The fourth-order valence-electron chi connectivity index (χ4n) is 2.53. The van der Waals surface area contributed by atoms with Crippen LogP contribution in [-0.4, -0.2) is 34.8 Å². The molecule has 6 nitrogen and oxygen atoms in total. The van der Waals surface area contributed by atoms with Crippen molar-refractivity contribution in [3.05, 3.63) is 41.5 Å². The molecule has 3 rings (SSSR count). The zero-order valence-corrected chi connectivity index (χ0v) is 11.7. The normalized spacial score (nSPS) is 16.8. The summed E-state index contributed by atoms with van der Waals surface area (Å²) in [6.07, 6.45) is 0. The molecule has 114 valence electrons. The van der Waals surface area contributed by atoms with E-state index in [0.29, 0.717) is 5.56 Å². The minimum absolute atomic E-state index is 0.0244. The van der Waals surface area contributed by atoms with Crippen molar-refractivity contribution < 1.29 is 29.6 Å². The first kappa shape index (κ1) is 14.1. The highest BCUT2D eigenvalue weighted by Crippen LogP contribution is 2.41. The number of methoxy groups -OCH3 is 1. The highest BCUT2D eigenvalue weighted by Gasteiger charge is 2.33. The molecule has 0 fully saturated rings. The van der Waals surface area contributed by atoms with Crippen molar-refractivity contribution in [3.63, 3.8) is 0 Å². The number of Topliss-reactive ketones (excluding diaryl/α,β-unsaturated/α-hetero) is 1. The van der Waals surface area contributed by atoms with Crippen LogP contribution in [0.15, 0.2) is 30.3 Å². The molecule has 22 heavy (non-hydrogen) atoms. The van der Waals surface area contributed by atoms with Gasteiger partial charge in [0, 0.05) is 12.1 Å². The maximum atomic E-state index is 12.6. The van der Waals surface area contributed by atoms with E-state index >= 15 is 0 Å². The van der Waals surface area contributed by atoms with Crippen LogP contribution in [0.5, 0.6) is 28.7 Å².